The quantitative estimate of drug-likeness (QED) is 0.161. The van der Waals surface area contributed by atoms with E-state index in [9.17, 15) is 29.0 Å². The number of nitrogens with zero attached hydrogens (tertiary/aromatic N) is 1. The van der Waals surface area contributed by atoms with Crippen LogP contribution in [0.25, 0.3) is 6.08 Å². The first kappa shape index (κ1) is 30.7. The number of fused-ring (bicyclic) bond motifs is 1. The van der Waals surface area contributed by atoms with Gasteiger partial charge >= 0.3 is 13.8 Å². The standard InChI is InChI=1S/C26H34ClN2O9P/c1-17-9-5-3-6-10-18(2)37-26(32)24-20(25(27)21(30)15-22(24)38-39(33,34)35)14-19(13-17)28-36-16-23(31)29-11-7-4-8-12-29/h3,6,13-15,18,28,30H,4-5,7-12,16H2,1-2H3,(H2,33,34,35)/b6-3?,17-13+,19-14-/t18-/m1/s1. The van der Waals surface area contributed by atoms with Crippen LogP contribution in [0, 0.1) is 0 Å². The molecule has 0 spiro atoms. The minimum atomic E-state index is -5.14. The maximum Gasteiger partial charge on any atom is 0.524 e. The van der Waals surface area contributed by atoms with Crippen LogP contribution < -0.4 is 10.0 Å². The predicted octanol–water partition coefficient (Wildman–Crippen LogP) is 4.62. The largest absolute Gasteiger partial charge is 0.524 e. The third kappa shape index (κ3) is 9.40. The number of esters is 1. The number of phenolic OH excluding ortho intramolecular Hbond substituents is 1. The molecule has 1 aromatic carbocycles. The molecule has 1 aromatic rings. The number of likely N-dealkylation sites (tertiary alicyclic amines) is 1. The number of hydroxylamine groups is 1. The summed E-state index contributed by atoms with van der Waals surface area (Å²) in [7, 11) is -5.14. The van der Waals surface area contributed by atoms with Gasteiger partial charge in [0.15, 0.2) is 12.4 Å². The van der Waals surface area contributed by atoms with E-state index in [2.05, 4.69) is 5.48 Å². The van der Waals surface area contributed by atoms with Crippen molar-refractivity contribution in [1.29, 1.82) is 0 Å². The van der Waals surface area contributed by atoms with Crippen molar-refractivity contribution in [2.45, 2.75) is 58.5 Å². The van der Waals surface area contributed by atoms with Crippen LogP contribution in [0.2, 0.25) is 5.02 Å². The lowest BCUT2D eigenvalue weighted by Crippen LogP contribution is -2.39. The molecule has 1 atom stereocenters. The molecule has 2 aliphatic heterocycles. The van der Waals surface area contributed by atoms with Gasteiger partial charge in [0.2, 0.25) is 0 Å². The van der Waals surface area contributed by atoms with E-state index < -0.39 is 37.0 Å². The van der Waals surface area contributed by atoms with Gasteiger partial charge in [0.25, 0.3) is 5.91 Å². The Morgan fingerprint density at radius 1 is 1.23 bits per heavy atom. The molecule has 3 rings (SSSR count). The second-order valence-corrected chi connectivity index (χ2v) is 11.0. The van der Waals surface area contributed by atoms with Crippen LogP contribution >= 0.6 is 19.4 Å². The lowest BCUT2D eigenvalue weighted by Gasteiger charge is -2.26. The van der Waals surface area contributed by atoms with Crippen LogP contribution in [0.5, 0.6) is 11.5 Å². The van der Waals surface area contributed by atoms with Gasteiger partial charge in [-0.1, -0.05) is 29.3 Å². The van der Waals surface area contributed by atoms with Gasteiger partial charge in [-0.15, -0.1) is 0 Å². The first-order chi connectivity index (χ1) is 18.4. The summed E-state index contributed by atoms with van der Waals surface area (Å²) >= 11 is 6.38. The minimum Gasteiger partial charge on any atom is -0.506 e. The molecule has 214 valence electrons. The molecule has 1 fully saturated rings. The normalized spacial score (nSPS) is 21.9. The van der Waals surface area contributed by atoms with Crippen molar-refractivity contribution in [2.24, 2.45) is 0 Å². The first-order valence-electron chi connectivity index (χ1n) is 12.7. The number of cyclic esters (lactones) is 1. The maximum atomic E-state index is 13.2. The number of aromatic hydroxyl groups is 1. The van der Waals surface area contributed by atoms with Gasteiger partial charge < -0.3 is 19.3 Å². The molecular formula is C26H34ClN2O9P. The SMILES string of the molecule is C/C1=C\C(NOCC(=O)N2CCCCC2)=C\c2c(Cl)c(O)cc(OP(=O)(O)O)c2C(=O)O[C@H](C)CC=CCC1. The van der Waals surface area contributed by atoms with Gasteiger partial charge in [0, 0.05) is 31.1 Å². The molecule has 0 unspecified atom stereocenters. The lowest BCUT2D eigenvalue weighted by molar-refractivity contribution is -0.139. The van der Waals surface area contributed by atoms with Crippen molar-refractivity contribution in [3.8, 4) is 11.5 Å². The number of nitrogens with one attached hydrogen (secondary N) is 1. The van der Waals surface area contributed by atoms with Gasteiger partial charge in [0.05, 0.1) is 10.7 Å². The number of carbonyl (C=O) groups is 2. The zero-order valence-electron chi connectivity index (χ0n) is 21.9. The van der Waals surface area contributed by atoms with Gasteiger partial charge in [-0.3, -0.25) is 24.9 Å². The average Bonchev–Trinajstić information content (AvgIpc) is 2.85. The first-order valence-corrected chi connectivity index (χ1v) is 14.6. The van der Waals surface area contributed by atoms with E-state index in [4.69, 9.17) is 25.7 Å². The molecule has 0 aliphatic carbocycles. The molecule has 0 aromatic heterocycles. The Bertz CT molecular complexity index is 1200. The second kappa shape index (κ2) is 14.0. The van der Waals surface area contributed by atoms with Gasteiger partial charge in [-0.2, -0.15) is 0 Å². The summed E-state index contributed by atoms with van der Waals surface area (Å²) in [5, 5.41) is 10.1. The van der Waals surface area contributed by atoms with E-state index >= 15 is 0 Å². The number of phenols is 1. The summed E-state index contributed by atoms with van der Waals surface area (Å²) in [6, 6.07) is 0.838. The third-order valence-electron chi connectivity index (χ3n) is 6.11. The number of hydrogen-bond donors (Lipinski definition) is 4. The van der Waals surface area contributed by atoms with Crippen LogP contribution in [0.1, 0.15) is 68.3 Å². The summed E-state index contributed by atoms with van der Waals surface area (Å²) in [6.07, 6.45) is 11.1. The minimum absolute atomic E-state index is 0.123. The van der Waals surface area contributed by atoms with E-state index in [-0.39, 0.29) is 28.8 Å². The number of phosphoric ester groups is 1. The Labute approximate surface area is 232 Å². The van der Waals surface area contributed by atoms with Gasteiger partial charge in [-0.25, -0.2) is 9.36 Å². The fraction of sp³-hybridized carbons (Fsp3) is 0.462. The Balaban J connectivity index is 2.05. The fourth-order valence-electron chi connectivity index (χ4n) is 4.20. The fourth-order valence-corrected chi connectivity index (χ4v) is 4.81. The van der Waals surface area contributed by atoms with Crippen molar-refractivity contribution < 1.29 is 43.1 Å². The molecule has 13 heteroatoms. The average molecular weight is 585 g/mol. The number of benzene rings is 1. The molecule has 4 N–H and O–H groups in total. The Hall–Kier alpha value is -2.82. The molecule has 1 amide bonds. The van der Waals surface area contributed by atoms with E-state index in [0.717, 1.165) is 37.3 Å². The summed E-state index contributed by atoms with van der Waals surface area (Å²) in [5.74, 6) is -2.34. The highest BCUT2D eigenvalue weighted by atomic mass is 35.5. The number of rotatable bonds is 6. The third-order valence-corrected chi connectivity index (χ3v) is 6.94. The van der Waals surface area contributed by atoms with Crippen molar-refractivity contribution in [3.63, 3.8) is 0 Å². The maximum absolute atomic E-state index is 13.2. The molecular weight excluding hydrogens is 551 g/mol. The number of phosphoric acid groups is 1. The van der Waals surface area contributed by atoms with Crippen LogP contribution in [-0.4, -0.2) is 57.5 Å². The number of piperidine rings is 1. The highest BCUT2D eigenvalue weighted by Crippen LogP contribution is 2.45. The molecule has 1 saturated heterocycles. The Kier molecular flexibility index (Phi) is 11.0. The van der Waals surface area contributed by atoms with Crippen molar-refractivity contribution in [3.05, 3.63) is 51.7 Å². The van der Waals surface area contributed by atoms with E-state index in [1.54, 1.807) is 17.9 Å². The van der Waals surface area contributed by atoms with Gasteiger partial charge in [-0.05, 0) is 58.1 Å². The van der Waals surface area contributed by atoms with Crippen molar-refractivity contribution >= 4 is 37.4 Å². The van der Waals surface area contributed by atoms with Gasteiger partial charge in [0.1, 0.15) is 17.4 Å². The summed E-state index contributed by atoms with van der Waals surface area (Å²) in [5.41, 5.74) is 3.37. The number of allylic oxidation sites excluding steroid dienone is 3. The second-order valence-electron chi connectivity index (χ2n) is 9.46. The number of amides is 1. The monoisotopic (exact) mass is 584 g/mol. The van der Waals surface area contributed by atoms with Crippen molar-refractivity contribution in [2.75, 3.05) is 19.7 Å². The zero-order chi connectivity index (χ0) is 28.6. The highest BCUT2D eigenvalue weighted by molar-refractivity contribution is 7.46. The number of halogens is 1. The van der Waals surface area contributed by atoms with Crippen LogP contribution in [0.3, 0.4) is 0 Å². The molecule has 0 bridgehead atoms. The zero-order valence-corrected chi connectivity index (χ0v) is 23.5. The van der Waals surface area contributed by atoms with E-state index in [1.165, 1.54) is 6.08 Å². The van der Waals surface area contributed by atoms with E-state index in [0.29, 0.717) is 25.9 Å². The predicted molar refractivity (Wildman–Crippen MR) is 145 cm³/mol. The Morgan fingerprint density at radius 3 is 2.64 bits per heavy atom. The van der Waals surface area contributed by atoms with Crippen molar-refractivity contribution in [1.82, 2.24) is 10.4 Å². The smallest absolute Gasteiger partial charge is 0.506 e. The molecule has 39 heavy (non-hydrogen) atoms. The van der Waals surface area contributed by atoms with Crippen LogP contribution in [0.15, 0.2) is 35.6 Å². The molecule has 2 heterocycles. The number of hydrogen-bond acceptors (Lipinski definition) is 8. The number of ether oxygens (including phenoxy) is 1. The molecule has 11 nitrogen and oxygen atoms in total. The lowest BCUT2D eigenvalue weighted by atomic mass is 10.0. The van der Waals surface area contributed by atoms with E-state index in [1.807, 2.05) is 19.1 Å². The topological polar surface area (TPSA) is 155 Å². The Morgan fingerprint density at radius 2 is 1.95 bits per heavy atom. The van der Waals surface area contributed by atoms with Crippen LogP contribution in [0.4, 0.5) is 0 Å². The van der Waals surface area contributed by atoms with Crippen LogP contribution in [-0.2, 0) is 18.9 Å². The highest BCUT2D eigenvalue weighted by Gasteiger charge is 2.29. The molecule has 2 aliphatic rings. The molecule has 0 saturated carbocycles. The summed E-state index contributed by atoms with van der Waals surface area (Å²) < 4.78 is 21.9. The summed E-state index contributed by atoms with van der Waals surface area (Å²) in [4.78, 5) is 51.9. The molecule has 0 radical (unpaired) electrons. The number of carbonyl (C=O) groups excluding carboxylic acids is 2. The summed E-state index contributed by atoms with van der Waals surface area (Å²) in [6.45, 7) is 4.64.